The Balaban J connectivity index is 1.74. The molecule has 0 atom stereocenters. The van der Waals surface area contributed by atoms with Crippen LogP contribution in [0.15, 0.2) is 90.5 Å². The van der Waals surface area contributed by atoms with Crippen LogP contribution in [0.1, 0.15) is 34.0 Å². The molecular formula is C26H26O4. The molecule has 154 valence electrons. The smallest absolute Gasteiger partial charge is 0.338 e. The third kappa shape index (κ3) is 6.33. The molecule has 4 nitrogen and oxygen atoms in total. The summed E-state index contributed by atoms with van der Waals surface area (Å²) in [6.07, 6.45) is 2.49. The van der Waals surface area contributed by atoms with E-state index in [0.29, 0.717) is 24.3 Å². The summed E-state index contributed by atoms with van der Waals surface area (Å²) in [5.41, 5.74) is 4.21. The lowest BCUT2D eigenvalue weighted by molar-refractivity contribution is 0.0472. The van der Waals surface area contributed by atoms with Gasteiger partial charge in [-0.2, -0.15) is 0 Å². The summed E-state index contributed by atoms with van der Waals surface area (Å²) in [5.74, 6) is 0.332. The molecule has 0 unspecified atom stereocenters. The molecule has 30 heavy (non-hydrogen) atoms. The van der Waals surface area contributed by atoms with Crippen LogP contribution < -0.4 is 4.74 Å². The van der Waals surface area contributed by atoms with Crippen LogP contribution in [0, 0.1) is 0 Å². The van der Waals surface area contributed by atoms with E-state index in [1.54, 1.807) is 18.2 Å². The van der Waals surface area contributed by atoms with Gasteiger partial charge in [0, 0.05) is 0 Å². The zero-order valence-corrected chi connectivity index (χ0v) is 17.1. The van der Waals surface area contributed by atoms with Crippen LogP contribution in [-0.2, 0) is 24.4 Å². The first-order valence-corrected chi connectivity index (χ1v) is 9.93. The first-order chi connectivity index (χ1) is 14.7. The van der Waals surface area contributed by atoms with Gasteiger partial charge in [-0.25, -0.2) is 4.79 Å². The molecule has 0 fully saturated rings. The molecule has 3 aromatic rings. The Morgan fingerprint density at radius 1 is 0.900 bits per heavy atom. The van der Waals surface area contributed by atoms with Crippen LogP contribution in [-0.4, -0.2) is 17.7 Å². The van der Waals surface area contributed by atoms with Gasteiger partial charge in [0.2, 0.25) is 0 Å². The fraction of sp³-hybridized carbons (Fsp3) is 0.192. The summed E-state index contributed by atoms with van der Waals surface area (Å²) < 4.78 is 11.5. The maximum absolute atomic E-state index is 12.5. The molecule has 3 aromatic carbocycles. The lowest BCUT2D eigenvalue weighted by Crippen LogP contribution is -2.07. The fourth-order valence-electron chi connectivity index (χ4n) is 2.90. The Morgan fingerprint density at radius 3 is 2.17 bits per heavy atom. The van der Waals surface area contributed by atoms with Crippen molar-refractivity contribution in [2.24, 2.45) is 0 Å². The molecular weight excluding hydrogens is 376 g/mol. The van der Waals surface area contributed by atoms with Crippen LogP contribution in [0.5, 0.6) is 5.75 Å². The molecule has 0 bridgehead atoms. The molecule has 0 aliphatic carbocycles. The first-order valence-electron chi connectivity index (χ1n) is 9.93. The van der Waals surface area contributed by atoms with Crippen LogP contribution in [0.3, 0.4) is 0 Å². The number of aliphatic hydroxyl groups is 1. The lowest BCUT2D eigenvalue weighted by Gasteiger charge is -2.13. The van der Waals surface area contributed by atoms with E-state index in [-0.39, 0.29) is 19.2 Å². The predicted octanol–water partition coefficient (Wildman–Crippen LogP) is 5.10. The van der Waals surface area contributed by atoms with Crippen LogP contribution in [0.4, 0.5) is 0 Å². The standard InChI is InChI=1S/C26H26O4/c1-20(17-27)12-13-23-16-24(26(28)30-19-22-10-6-3-7-11-22)14-15-25(23)29-18-21-8-4-2-5-9-21/h2-12,14-16,27H,13,17-19H2,1H3/b20-12+. The molecule has 0 aliphatic rings. The zero-order chi connectivity index (χ0) is 21.2. The predicted molar refractivity (Wildman–Crippen MR) is 117 cm³/mol. The number of hydrogen-bond acceptors (Lipinski definition) is 4. The minimum atomic E-state index is -0.377. The number of hydrogen-bond donors (Lipinski definition) is 1. The monoisotopic (exact) mass is 402 g/mol. The Hall–Kier alpha value is -3.37. The van der Waals surface area contributed by atoms with E-state index in [2.05, 4.69) is 0 Å². The molecule has 0 radical (unpaired) electrons. The quantitative estimate of drug-likeness (QED) is 0.399. The SMILES string of the molecule is C/C(=C\Cc1cc(C(=O)OCc2ccccc2)ccc1OCc1ccccc1)CO. The van der Waals surface area contributed by atoms with Crippen molar-refractivity contribution in [1.82, 2.24) is 0 Å². The Bertz CT molecular complexity index is 978. The van der Waals surface area contributed by atoms with E-state index in [1.165, 1.54) is 0 Å². The minimum absolute atomic E-state index is 0.000978. The second-order valence-electron chi connectivity index (χ2n) is 7.07. The average Bonchev–Trinajstić information content (AvgIpc) is 2.81. The summed E-state index contributed by atoms with van der Waals surface area (Å²) in [6.45, 7) is 2.53. The highest BCUT2D eigenvalue weighted by atomic mass is 16.5. The summed E-state index contributed by atoms with van der Waals surface area (Å²) >= 11 is 0. The number of esters is 1. The van der Waals surface area contributed by atoms with Crippen molar-refractivity contribution in [3.05, 3.63) is 113 Å². The summed E-state index contributed by atoms with van der Waals surface area (Å²) in [7, 11) is 0. The number of aliphatic hydroxyl groups excluding tert-OH is 1. The van der Waals surface area contributed by atoms with Gasteiger partial charge in [0.25, 0.3) is 0 Å². The number of carbonyl (C=O) groups excluding carboxylic acids is 1. The highest BCUT2D eigenvalue weighted by molar-refractivity contribution is 5.89. The molecule has 0 saturated carbocycles. The number of rotatable bonds is 9. The Labute approximate surface area is 177 Å². The first kappa shape index (κ1) is 21.3. The van der Waals surface area contributed by atoms with Crippen LogP contribution in [0.25, 0.3) is 0 Å². The molecule has 0 heterocycles. The van der Waals surface area contributed by atoms with Crippen LogP contribution >= 0.6 is 0 Å². The zero-order valence-electron chi connectivity index (χ0n) is 17.1. The molecule has 0 aromatic heterocycles. The molecule has 0 spiro atoms. The molecule has 3 rings (SSSR count). The van der Waals surface area contributed by atoms with Gasteiger partial charge < -0.3 is 14.6 Å². The van der Waals surface area contributed by atoms with Gasteiger partial charge in [-0.15, -0.1) is 0 Å². The maximum atomic E-state index is 12.5. The van der Waals surface area contributed by atoms with E-state index < -0.39 is 0 Å². The second-order valence-corrected chi connectivity index (χ2v) is 7.07. The second kappa shape index (κ2) is 11.0. The Kier molecular flexibility index (Phi) is 7.81. The topological polar surface area (TPSA) is 55.8 Å². The van der Waals surface area contributed by atoms with Gasteiger partial charge in [-0.3, -0.25) is 0 Å². The van der Waals surface area contributed by atoms with Gasteiger partial charge >= 0.3 is 5.97 Å². The van der Waals surface area contributed by atoms with Crippen molar-refractivity contribution in [2.45, 2.75) is 26.6 Å². The van der Waals surface area contributed by atoms with E-state index in [0.717, 1.165) is 22.3 Å². The molecule has 0 aliphatic heterocycles. The molecule has 1 N–H and O–H groups in total. The van der Waals surface area contributed by atoms with Gasteiger partial charge in [0.15, 0.2) is 0 Å². The fourth-order valence-corrected chi connectivity index (χ4v) is 2.90. The average molecular weight is 402 g/mol. The summed E-state index contributed by atoms with van der Waals surface area (Å²) in [4.78, 5) is 12.5. The summed E-state index contributed by atoms with van der Waals surface area (Å²) in [6, 6.07) is 24.8. The molecule has 0 amide bonds. The number of allylic oxidation sites excluding steroid dienone is 1. The Morgan fingerprint density at radius 2 is 1.53 bits per heavy atom. The van der Waals surface area contributed by atoms with Crippen molar-refractivity contribution in [1.29, 1.82) is 0 Å². The summed E-state index contributed by atoms with van der Waals surface area (Å²) in [5, 5.41) is 9.28. The highest BCUT2D eigenvalue weighted by Gasteiger charge is 2.12. The van der Waals surface area contributed by atoms with Crippen molar-refractivity contribution in [3.63, 3.8) is 0 Å². The third-order valence-corrected chi connectivity index (χ3v) is 4.67. The van der Waals surface area contributed by atoms with Gasteiger partial charge in [0.1, 0.15) is 19.0 Å². The number of carbonyl (C=O) groups is 1. The minimum Gasteiger partial charge on any atom is -0.489 e. The molecule has 4 heteroatoms. The number of ether oxygens (including phenoxy) is 2. The molecule has 0 saturated heterocycles. The number of benzene rings is 3. The van der Waals surface area contributed by atoms with Gasteiger partial charge in [-0.05, 0) is 48.2 Å². The maximum Gasteiger partial charge on any atom is 0.338 e. The van der Waals surface area contributed by atoms with Gasteiger partial charge in [-0.1, -0.05) is 72.3 Å². The van der Waals surface area contributed by atoms with Crippen LogP contribution in [0.2, 0.25) is 0 Å². The van der Waals surface area contributed by atoms with E-state index >= 15 is 0 Å². The van der Waals surface area contributed by atoms with Crippen molar-refractivity contribution < 1.29 is 19.4 Å². The third-order valence-electron chi connectivity index (χ3n) is 4.67. The van der Waals surface area contributed by atoms with Gasteiger partial charge in [0.05, 0.1) is 12.2 Å². The normalized spacial score (nSPS) is 11.2. The highest BCUT2D eigenvalue weighted by Crippen LogP contribution is 2.24. The van der Waals surface area contributed by atoms with Crippen molar-refractivity contribution in [2.75, 3.05) is 6.61 Å². The lowest BCUT2D eigenvalue weighted by atomic mass is 10.0. The van der Waals surface area contributed by atoms with E-state index in [9.17, 15) is 9.90 Å². The largest absolute Gasteiger partial charge is 0.489 e. The van der Waals surface area contributed by atoms with Crippen molar-refractivity contribution >= 4 is 5.97 Å². The van der Waals surface area contributed by atoms with E-state index in [4.69, 9.17) is 9.47 Å². The van der Waals surface area contributed by atoms with E-state index in [1.807, 2.05) is 73.7 Å². The van der Waals surface area contributed by atoms with Crippen molar-refractivity contribution in [3.8, 4) is 5.75 Å².